The van der Waals surface area contributed by atoms with E-state index in [1.807, 2.05) is 19.9 Å². The van der Waals surface area contributed by atoms with Crippen LogP contribution in [0.1, 0.15) is 38.3 Å². The Balaban J connectivity index is 2.80. The molecule has 1 aromatic rings. The monoisotopic (exact) mass is 316 g/mol. The van der Waals surface area contributed by atoms with E-state index in [1.165, 1.54) is 0 Å². The zero-order chi connectivity index (χ0) is 15.3. The SMILES string of the molecule is CCC(CN)CC(=O)N(C)C(C)c1ccc(Cl)cc1Cl. The number of carbonyl (C=O) groups is 1. The lowest BCUT2D eigenvalue weighted by Crippen LogP contribution is -2.32. The third-order valence-electron chi connectivity index (χ3n) is 3.76. The molecule has 0 heterocycles. The molecule has 0 aliphatic heterocycles. The van der Waals surface area contributed by atoms with E-state index in [4.69, 9.17) is 28.9 Å². The molecule has 5 heteroatoms. The van der Waals surface area contributed by atoms with Gasteiger partial charge < -0.3 is 10.6 Å². The Morgan fingerprint density at radius 2 is 2.05 bits per heavy atom. The van der Waals surface area contributed by atoms with Crippen LogP contribution in [-0.2, 0) is 4.79 Å². The predicted molar refractivity (Wildman–Crippen MR) is 85.1 cm³/mol. The summed E-state index contributed by atoms with van der Waals surface area (Å²) >= 11 is 12.1. The van der Waals surface area contributed by atoms with Crippen LogP contribution >= 0.6 is 23.2 Å². The van der Waals surface area contributed by atoms with Crippen LogP contribution in [0.15, 0.2) is 18.2 Å². The molecule has 0 aromatic heterocycles. The Kier molecular flexibility index (Phi) is 6.80. The van der Waals surface area contributed by atoms with Crippen molar-refractivity contribution in [2.45, 2.75) is 32.7 Å². The van der Waals surface area contributed by atoms with Gasteiger partial charge in [-0.1, -0.05) is 42.6 Å². The van der Waals surface area contributed by atoms with Crippen molar-refractivity contribution in [1.29, 1.82) is 0 Å². The van der Waals surface area contributed by atoms with E-state index in [0.717, 1.165) is 12.0 Å². The Hall–Kier alpha value is -0.770. The van der Waals surface area contributed by atoms with Crippen LogP contribution in [-0.4, -0.2) is 24.4 Å². The van der Waals surface area contributed by atoms with Gasteiger partial charge in [0, 0.05) is 23.5 Å². The number of hydrogen-bond donors (Lipinski definition) is 1. The number of benzene rings is 1. The smallest absolute Gasteiger partial charge is 0.223 e. The zero-order valence-electron chi connectivity index (χ0n) is 12.2. The Bertz CT molecular complexity index is 461. The van der Waals surface area contributed by atoms with E-state index >= 15 is 0 Å². The fourth-order valence-corrected chi connectivity index (χ4v) is 2.62. The van der Waals surface area contributed by atoms with E-state index in [0.29, 0.717) is 23.0 Å². The van der Waals surface area contributed by atoms with E-state index in [1.54, 1.807) is 24.1 Å². The number of hydrogen-bond acceptors (Lipinski definition) is 2. The Morgan fingerprint density at radius 1 is 1.40 bits per heavy atom. The molecule has 2 unspecified atom stereocenters. The summed E-state index contributed by atoms with van der Waals surface area (Å²) in [5, 5.41) is 1.17. The van der Waals surface area contributed by atoms with Crippen LogP contribution in [0.25, 0.3) is 0 Å². The lowest BCUT2D eigenvalue weighted by molar-refractivity contribution is -0.132. The topological polar surface area (TPSA) is 46.3 Å². The minimum absolute atomic E-state index is 0.0841. The summed E-state index contributed by atoms with van der Waals surface area (Å²) in [6.07, 6.45) is 1.38. The van der Waals surface area contributed by atoms with Gasteiger partial charge in [0.25, 0.3) is 0 Å². The zero-order valence-corrected chi connectivity index (χ0v) is 13.7. The van der Waals surface area contributed by atoms with Crippen LogP contribution in [0.5, 0.6) is 0 Å². The van der Waals surface area contributed by atoms with E-state index in [-0.39, 0.29) is 17.9 Å². The molecule has 2 N–H and O–H groups in total. The molecule has 2 atom stereocenters. The maximum absolute atomic E-state index is 12.3. The van der Waals surface area contributed by atoms with Crippen molar-refractivity contribution in [2.75, 3.05) is 13.6 Å². The van der Waals surface area contributed by atoms with Crippen LogP contribution in [0.3, 0.4) is 0 Å². The summed E-state index contributed by atoms with van der Waals surface area (Å²) in [5.74, 6) is 0.318. The van der Waals surface area contributed by atoms with E-state index < -0.39 is 0 Å². The second kappa shape index (κ2) is 7.87. The third kappa shape index (κ3) is 4.37. The van der Waals surface area contributed by atoms with Gasteiger partial charge in [-0.2, -0.15) is 0 Å². The van der Waals surface area contributed by atoms with Gasteiger partial charge in [-0.25, -0.2) is 0 Å². The molecule has 0 fully saturated rings. The van der Waals surface area contributed by atoms with Crippen molar-refractivity contribution < 1.29 is 4.79 Å². The predicted octanol–water partition coefficient (Wildman–Crippen LogP) is 3.89. The van der Waals surface area contributed by atoms with Gasteiger partial charge >= 0.3 is 0 Å². The molecule has 1 amide bonds. The number of nitrogens with two attached hydrogens (primary N) is 1. The first kappa shape index (κ1) is 17.3. The maximum atomic E-state index is 12.3. The van der Waals surface area contributed by atoms with Gasteiger partial charge in [-0.3, -0.25) is 4.79 Å². The van der Waals surface area contributed by atoms with Gasteiger partial charge in [0.05, 0.1) is 6.04 Å². The quantitative estimate of drug-likeness (QED) is 0.865. The maximum Gasteiger partial charge on any atom is 0.223 e. The number of rotatable bonds is 6. The molecule has 3 nitrogen and oxygen atoms in total. The third-order valence-corrected chi connectivity index (χ3v) is 4.32. The molecular weight excluding hydrogens is 295 g/mol. The lowest BCUT2D eigenvalue weighted by Gasteiger charge is -2.27. The van der Waals surface area contributed by atoms with Crippen molar-refractivity contribution in [3.63, 3.8) is 0 Å². The molecule has 0 saturated carbocycles. The second-order valence-electron chi connectivity index (χ2n) is 5.06. The Morgan fingerprint density at radius 3 is 2.55 bits per heavy atom. The lowest BCUT2D eigenvalue weighted by atomic mass is 10.0. The largest absolute Gasteiger partial charge is 0.339 e. The van der Waals surface area contributed by atoms with Crippen LogP contribution in [0.4, 0.5) is 0 Å². The molecule has 1 rings (SSSR count). The minimum atomic E-state index is -0.0949. The highest BCUT2D eigenvalue weighted by atomic mass is 35.5. The summed E-state index contributed by atoms with van der Waals surface area (Å²) in [5.41, 5.74) is 6.55. The highest BCUT2D eigenvalue weighted by Crippen LogP contribution is 2.29. The van der Waals surface area contributed by atoms with Crippen LogP contribution < -0.4 is 5.73 Å². The fraction of sp³-hybridized carbons (Fsp3) is 0.533. The molecule has 1 aromatic carbocycles. The molecule has 112 valence electrons. The van der Waals surface area contributed by atoms with Crippen molar-refractivity contribution in [1.82, 2.24) is 4.90 Å². The molecular formula is C15H22Cl2N2O. The first-order chi connectivity index (χ1) is 9.40. The Labute approximate surface area is 131 Å². The molecule has 0 saturated heterocycles. The molecule has 0 spiro atoms. The number of carbonyl (C=O) groups excluding carboxylic acids is 1. The standard InChI is InChI=1S/C15H22Cl2N2O/c1-4-11(9-18)7-15(20)19(3)10(2)13-6-5-12(16)8-14(13)17/h5-6,8,10-11H,4,7,9,18H2,1-3H3. The molecule has 0 radical (unpaired) electrons. The molecule has 20 heavy (non-hydrogen) atoms. The molecule has 0 aliphatic rings. The summed E-state index contributed by atoms with van der Waals surface area (Å²) in [6, 6.07) is 5.25. The normalized spacial score (nSPS) is 13.9. The van der Waals surface area contributed by atoms with Crippen molar-refractivity contribution in [2.24, 2.45) is 11.7 Å². The minimum Gasteiger partial charge on any atom is -0.339 e. The van der Waals surface area contributed by atoms with E-state index in [2.05, 4.69) is 0 Å². The summed E-state index contributed by atoms with van der Waals surface area (Å²) in [7, 11) is 1.79. The van der Waals surface area contributed by atoms with Crippen molar-refractivity contribution >= 4 is 29.1 Å². The van der Waals surface area contributed by atoms with Gasteiger partial charge in [0.1, 0.15) is 0 Å². The van der Waals surface area contributed by atoms with Gasteiger partial charge in [-0.05, 0) is 37.1 Å². The summed E-state index contributed by atoms with van der Waals surface area (Å²) in [6.45, 7) is 4.53. The highest BCUT2D eigenvalue weighted by molar-refractivity contribution is 6.35. The van der Waals surface area contributed by atoms with Crippen LogP contribution in [0, 0.1) is 5.92 Å². The van der Waals surface area contributed by atoms with E-state index in [9.17, 15) is 4.79 Å². The summed E-state index contributed by atoms with van der Waals surface area (Å²) in [4.78, 5) is 14.0. The fourth-order valence-electron chi connectivity index (χ4n) is 2.05. The summed E-state index contributed by atoms with van der Waals surface area (Å²) < 4.78 is 0. The molecule has 0 aliphatic carbocycles. The average molecular weight is 317 g/mol. The molecule has 0 bridgehead atoms. The van der Waals surface area contributed by atoms with Crippen molar-refractivity contribution in [3.8, 4) is 0 Å². The van der Waals surface area contributed by atoms with Crippen LogP contribution in [0.2, 0.25) is 10.0 Å². The average Bonchev–Trinajstić information content (AvgIpc) is 2.42. The number of nitrogens with zero attached hydrogens (tertiary/aromatic N) is 1. The van der Waals surface area contributed by atoms with Gasteiger partial charge in [0.15, 0.2) is 0 Å². The van der Waals surface area contributed by atoms with Gasteiger partial charge in [0.2, 0.25) is 5.91 Å². The number of halogens is 2. The second-order valence-corrected chi connectivity index (χ2v) is 5.90. The number of amides is 1. The highest BCUT2D eigenvalue weighted by Gasteiger charge is 2.21. The first-order valence-corrected chi connectivity index (χ1v) is 7.56. The first-order valence-electron chi connectivity index (χ1n) is 6.81. The van der Waals surface area contributed by atoms with Gasteiger partial charge in [-0.15, -0.1) is 0 Å². The van der Waals surface area contributed by atoms with Crippen molar-refractivity contribution in [3.05, 3.63) is 33.8 Å².